The predicted molar refractivity (Wildman–Crippen MR) is 97.9 cm³/mol. The van der Waals surface area contributed by atoms with Crippen LogP contribution in [-0.2, 0) is 16.1 Å². The van der Waals surface area contributed by atoms with E-state index in [9.17, 15) is 33.2 Å². The molecular weight excluding hydrogens is 393 g/mol. The zero-order chi connectivity index (χ0) is 21.7. The molecule has 0 aliphatic carbocycles. The van der Waals surface area contributed by atoms with E-state index in [-0.39, 0.29) is 6.54 Å². The fourth-order valence-corrected chi connectivity index (χ4v) is 2.43. The second-order valence-corrected chi connectivity index (χ2v) is 5.76. The number of aliphatic hydroxyl groups excluding tert-OH is 1. The van der Waals surface area contributed by atoms with Gasteiger partial charge in [0.2, 0.25) is 5.82 Å². The van der Waals surface area contributed by atoms with E-state index < -0.39 is 56.5 Å². The first-order valence-corrected chi connectivity index (χ1v) is 8.07. The third kappa shape index (κ3) is 4.42. The Morgan fingerprint density at radius 3 is 2.38 bits per heavy atom. The number of nitrogens with zero attached hydrogens (tertiary/aromatic N) is 2. The Hall–Kier alpha value is -3.69. The molecule has 0 atom stereocenters. The summed E-state index contributed by atoms with van der Waals surface area (Å²) in [5.74, 6) is -7.86. The van der Waals surface area contributed by atoms with Crippen molar-refractivity contribution in [2.45, 2.75) is 13.5 Å². The van der Waals surface area contributed by atoms with Crippen molar-refractivity contribution in [3.63, 3.8) is 0 Å². The number of nitro benzene ring substituents is 1. The van der Waals surface area contributed by atoms with Gasteiger partial charge >= 0.3 is 11.7 Å². The van der Waals surface area contributed by atoms with Crippen LogP contribution in [0.15, 0.2) is 40.9 Å². The maximum Gasteiger partial charge on any atom is 0.343 e. The number of aliphatic hydroxyl groups is 1. The van der Waals surface area contributed by atoms with E-state index in [1.807, 2.05) is 0 Å². The molecule has 0 aliphatic heterocycles. The van der Waals surface area contributed by atoms with Crippen LogP contribution in [0.1, 0.15) is 16.7 Å². The van der Waals surface area contributed by atoms with Crippen molar-refractivity contribution in [3.05, 3.63) is 80.2 Å². The molecule has 2 aromatic rings. The number of hydrogen-bond donors (Lipinski definition) is 1. The van der Waals surface area contributed by atoms with E-state index in [4.69, 9.17) is 0 Å². The number of rotatable bonds is 6. The highest BCUT2D eigenvalue weighted by Crippen LogP contribution is 2.35. The van der Waals surface area contributed by atoms with E-state index in [2.05, 4.69) is 9.73 Å². The second kappa shape index (κ2) is 9.00. The lowest BCUT2D eigenvalue weighted by Gasteiger charge is -2.11. The van der Waals surface area contributed by atoms with Crippen molar-refractivity contribution in [2.75, 3.05) is 7.11 Å². The fraction of sp³-hybridized carbons (Fsp3) is 0.158. The molecular formula is C19H15F3N2O5. The summed E-state index contributed by atoms with van der Waals surface area (Å²) >= 11 is 0. The van der Waals surface area contributed by atoms with Crippen molar-refractivity contribution in [1.29, 1.82) is 0 Å². The minimum Gasteiger partial charge on any atom is -0.506 e. The van der Waals surface area contributed by atoms with Crippen LogP contribution in [0.3, 0.4) is 0 Å². The van der Waals surface area contributed by atoms with Crippen LogP contribution in [0.5, 0.6) is 0 Å². The SMILES string of the molecule is COC(=O)C(C=NCc1ccccc1)=C(O)c1c(F)c(C)c(F)c(F)c1[N+](=O)[O-]. The number of benzene rings is 2. The van der Waals surface area contributed by atoms with Crippen molar-refractivity contribution < 1.29 is 32.7 Å². The molecule has 0 heterocycles. The minimum atomic E-state index is -1.97. The second-order valence-electron chi connectivity index (χ2n) is 5.76. The van der Waals surface area contributed by atoms with Crippen molar-refractivity contribution >= 4 is 23.6 Å². The maximum atomic E-state index is 14.5. The van der Waals surface area contributed by atoms with E-state index in [0.717, 1.165) is 25.8 Å². The van der Waals surface area contributed by atoms with Gasteiger partial charge in [-0.15, -0.1) is 0 Å². The zero-order valence-electron chi connectivity index (χ0n) is 15.3. The highest BCUT2D eigenvalue weighted by molar-refractivity contribution is 6.15. The number of nitro groups is 1. The third-order valence-electron chi connectivity index (χ3n) is 3.93. The third-order valence-corrected chi connectivity index (χ3v) is 3.93. The molecule has 1 N–H and O–H groups in total. The molecule has 0 spiro atoms. The Balaban J connectivity index is 2.67. The molecule has 29 heavy (non-hydrogen) atoms. The van der Waals surface area contributed by atoms with Crippen molar-refractivity contribution in [2.24, 2.45) is 4.99 Å². The van der Waals surface area contributed by atoms with E-state index in [1.165, 1.54) is 0 Å². The number of carbonyl (C=O) groups is 1. The first-order chi connectivity index (χ1) is 13.7. The standard InChI is InChI=1S/C19H15F3N2O5/c1-10-14(20)13(17(24(27)28)16(22)15(10)21)18(25)12(19(26)29-2)9-23-8-11-6-4-3-5-7-11/h3-7,9,25H,8H2,1-2H3. The predicted octanol–water partition coefficient (Wildman–Crippen LogP) is 4.03. The Kier molecular flexibility index (Phi) is 6.71. The van der Waals surface area contributed by atoms with E-state index in [1.54, 1.807) is 30.3 Å². The summed E-state index contributed by atoms with van der Waals surface area (Å²) in [6, 6.07) is 8.69. The Morgan fingerprint density at radius 1 is 1.21 bits per heavy atom. The number of carbonyl (C=O) groups excluding carboxylic acids is 1. The van der Waals surface area contributed by atoms with Gasteiger partial charge in [0.05, 0.1) is 18.6 Å². The van der Waals surface area contributed by atoms with Crippen LogP contribution in [0.2, 0.25) is 0 Å². The van der Waals surface area contributed by atoms with Crippen molar-refractivity contribution in [3.8, 4) is 0 Å². The topological polar surface area (TPSA) is 102 Å². The van der Waals surface area contributed by atoms with Gasteiger partial charge < -0.3 is 9.84 Å². The van der Waals surface area contributed by atoms with Crippen LogP contribution in [0.4, 0.5) is 18.9 Å². The number of methoxy groups -OCH3 is 1. The molecule has 152 valence electrons. The molecule has 0 radical (unpaired) electrons. The molecule has 2 rings (SSSR count). The summed E-state index contributed by atoms with van der Waals surface area (Å²) in [4.78, 5) is 25.7. The molecule has 0 aromatic heterocycles. The molecule has 0 fully saturated rings. The molecule has 0 saturated heterocycles. The van der Waals surface area contributed by atoms with Gasteiger partial charge in [-0.3, -0.25) is 15.1 Å². The molecule has 0 saturated carbocycles. The fourth-order valence-electron chi connectivity index (χ4n) is 2.43. The zero-order valence-corrected chi connectivity index (χ0v) is 15.3. The molecule has 0 aliphatic rings. The van der Waals surface area contributed by atoms with E-state index >= 15 is 0 Å². The van der Waals surface area contributed by atoms with Crippen LogP contribution in [-0.4, -0.2) is 29.3 Å². The Bertz CT molecular complexity index is 1020. The Labute approximate surface area is 162 Å². The summed E-state index contributed by atoms with van der Waals surface area (Å²) in [5.41, 5.74) is -3.87. The van der Waals surface area contributed by atoms with Gasteiger partial charge in [-0.1, -0.05) is 30.3 Å². The molecule has 0 unspecified atom stereocenters. The quantitative estimate of drug-likeness (QED) is 0.148. The summed E-state index contributed by atoms with van der Waals surface area (Å²) < 4.78 is 46.8. The monoisotopic (exact) mass is 408 g/mol. The van der Waals surface area contributed by atoms with E-state index in [0.29, 0.717) is 0 Å². The molecule has 2 aromatic carbocycles. The Morgan fingerprint density at radius 2 is 1.83 bits per heavy atom. The number of halogens is 3. The van der Waals surface area contributed by atoms with Gasteiger partial charge in [0, 0.05) is 11.8 Å². The summed E-state index contributed by atoms with van der Waals surface area (Å²) in [6.07, 6.45) is 0.813. The first kappa shape index (κ1) is 21.6. The van der Waals surface area contributed by atoms with Crippen LogP contribution >= 0.6 is 0 Å². The van der Waals surface area contributed by atoms with Gasteiger partial charge in [-0.2, -0.15) is 4.39 Å². The van der Waals surface area contributed by atoms with Crippen molar-refractivity contribution in [1.82, 2.24) is 0 Å². The maximum absolute atomic E-state index is 14.5. The number of ether oxygens (including phenoxy) is 1. The number of hydrogen-bond acceptors (Lipinski definition) is 6. The van der Waals surface area contributed by atoms with Gasteiger partial charge in [-0.25, -0.2) is 13.6 Å². The average molecular weight is 408 g/mol. The lowest BCUT2D eigenvalue weighted by molar-refractivity contribution is -0.388. The largest absolute Gasteiger partial charge is 0.506 e. The van der Waals surface area contributed by atoms with Crippen LogP contribution in [0, 0.1) is 34.5 Å². The normalized spacial score (nSPS) is 12.0. The summed E-state index contributed by atoms with van der Waals surface area (Å²) in [5, 5.41) is 21.6. The molecule has 7 nitrogen and oxygen atoms in total. The minimum absolute atomic E-state index is 0.0516. The smallest absolute Gasteiger partial charge is 0.343 e. The first-order valence-electron chi connectivity index (χ1n) is 8.07. The highest BCUT2D eigenvalue weighted by atomic mass is 19.2. The van der Waals surface area contributed by atoms with Gasteiger partial charge in [-0.05, 0) is 12.5 Å². The van der Waals surface area contributed by atoms with Gasteiger partial charge in [0.15, 0.2) is 5.82 Å². The summed E-state index contributed by atoms with van der Waals surface area (Å²) in [6.45, 7) is 0.881. The lowest BCUT2D eigenvalue weighted by Crippen LogP contribution is -2.13. The van der Waals surface area contributed by atoms with Crippen LogP contribution in [0.25, 0.3) is 5.76 Å². The van der Waals surface area contributed by atoms with Gasteiger partial charge in [0.25, 0.3) is 0 Å². The van der Waals surface area contributed by atoms with Crippen LogP contribution < -0.4 is 0 Å². The lowest BCUT2D eigenvalue weighted by atomic mass is 10.0. The molecule has 0 bridgehead atoms. The highest BCUT2D eigenvalue weighted by Gasteiger charge is 2.35. The average Bonchev–Trinajstić information content (AvgIpc) is 2.71. The number of esters is 1. The molecule has 10 heteroatoms. The summed E-state index contributed by atoms with van der Waals surface area (Å²) in [7, 11) is 0.946. The number of aliphatic imine (C=N–C) groups is 1. The van der Waals surface area contributed by atoms with Gasteiger partial charge in [0.1, 0.15) is 22.7 Å². The molecule has 0 amide bonds.